The molecule has 8 nitrogen and oxygen atoms in total. The number of nitrogens with zero attached hydrogens (tertiary/aromatic N) is 5. The van der Waals surface area contributed by atoms with Crippen molar-refractivity contribution in [2.45, 2.75) is 23.9 Å². The third-order valence-corrected chi connectivity index (χ3v) is 5.38. The summed E-state index contributed by atoms with van der Waals surface area (Å²) in [4.78, 5) is 4.36. The van der Waals surface area contributed by atoms with Crippen LogP contribution in [0.15, 0.2) is 56.8 Å². The predicted octanol–water partition coefficient (Wildman–Crippen LogP) is 4.57. The van der Waals surface area contributed by atoms with Crippen molar-refractivity contribution < 1.29 is 13.7 Å². The smallest absolute Gasteiger partial charge is 0.238 e. The minimum absolute atomic E-state index is 0.420. The number of thioether (sulfide) groups is 1. The van der Waals surface area contributed by atoms with Crippen LogP contribution in [0.4, 0.5) is 0 Å². The maximum atomic E-state index is 6.37. The van der Waals surface area contributed by atoms with Gasteiger partial charge in [0.05, 0.1) is 17.0 Å². The van der Waals surface area contributed by atoms with Crippen molar-refractivity contribution in [2.75, 3.05) is 13.7 Å². The van der Waals surface area contributed by atoms with E-state index in [1.807, 2.05) is 28.8 Å². The Morgan fingerprint density at radius 3 is 2.86 bits per heavy atom. The summed E-state index contributed by atoms with van der Waals surface area (Å²) in [6.45, 7) is 1.34. The van der Waals surface area contributed by atoms with Gasteiger partial charge in [-0.2, -0.15) is 4.98 Å². The fourth-order valence-electron chi connectivity index (χ4n) is 2.75. The molecule has 0 aliphatic carbocycles. The lowest BCUT2D eigenvalue weighted by molar-refractivity contribution is 0.189. The SMILES string of the molecule is COCCCn1c(SCc2nc(-c3ccco3)no2)nnc1-c1ccccc1Cl. The second-order valence-electron chi connectivity index (χ2n) is 6.06. The Labute approximate surface area is 176 Å². The number of furan rings is 1. The van der Waals surface area contributed by atoms with E-state index < -0.39 is 0 Å². The monoisotopic (exact) mass is 431 g/mol. The van der Waals surface area contributed by atoms with E-state index >= 15 is 0 Å². The summed E-state index contributed by atoms with van der Waals surface area (Å²) in [5, 5.41) is 14.0. The molecule has 29 heavy (non-hydrogen) atoms. The Balaban J connectivity index is 1.54. The van der Waals surface area contributed by atoms with E-state index in [1.54, 1.807) is 25.5 Å². The van der Waals surface area contributed by atoms with Crippen molar-refractivity contribution in [1.82, 2.24) is 24.9 Å². The summed E-state index contributed by atoms with van der Waals surface area (Å²) in [5.74, 6) is 2.64. The van der Waals surface area contributed by atoms with Crippen LogP contribution in [0.25, 0.3) is 23.0 Å². The zero-order chi connectivity index (χ0) is 20.1. The lowest BCUT2D eigenvalue weighted by Crippen LogP contribution is -2.05. The second-order valence-corrected chi connectivity index (χ2v) is 7.41. The molecule has 0 atom stereocenters. The molecule has 150 valence electrons. The molecule has 0 bridgehead atoms. The highest BCUT2D eigenvalue weighted by Gasteiger charge is 2.18. The zero-order valence-corrected chi connectivity index (χ0v) is 17.2. The average Bonchev–Trinajstić information content (AvgIpc) is 3.48. The molecule has 0 amide bonds. The van der Waals surface area contributed by atoms with E-state index in [-0.39, 0.29) is 0 Å². The third-order valence-electron chi connectivity index (χ3n) is 4.10. The molecule has 3 aromatic heterocycles. The first-order chi connectivity index (χ1) is 14.3. The Hall–Kier alpha value is -2.62. The van der Waals surface area contributed by atoms with Crippen LogP contribution in [0.1, 0.15) is 12.3 Å². The van der Waals surface area contributed by atoms with Gasteiger partial charge in [0.15, 0.2) is 16.7 Å². The van der Waals surface area contributed by atoms with Crippen LogP contribution in [0, 0.1) is 0 Å². The van der Waals surface area contributed by atoms with E-state index in [0.717, 1.165) is 23.0 Å². The largest absolute Gasteiger partial charge is 0.461 e. The molecule has 4 aromatic rings. The fourth-order valence-corrected chi connectivity index (χ4v) is 3.77. The van der Waals surface area contributed by atoms with Gasteiger partial charge in [-0.1, -0.05) is 40.7 Å². The molecule has 0 N–H and O–H groups in total. The molecule has 3 heterocycles. The molecule has 0 saturated heterocycles. The van der Waals surface area contributed by atoms with Crippen LogP contribution >= 0.6 is 23.4 Å². The Morgan fingerprint density at radius 1 is 1.17 bits per heavy atom. The Kier molecular flexibility index (Phi) is 6.28. The quantitative estimate of drug-likeness (QED) is 0.281. The molecule has 1 aromatic carbocycles. The number of hydrogen-bond donors (Lipinski definition) is 0. The van der Waals surface area contributed by atoms with E-state index in [2.05, 4.69) is 20.3 Å². The van der Waals surface area contributed by atoms with E-state index in [9.17, 15) is 0 Å². The number of methoxy groups -OCH3 is 1. The van der Waals surface area contributed by atoms with Crippen molar-refractivity contribution in [3.8, 4) is 23.0 Å². The maximum Gasteiger partial charge on any atom is 0.238 e. The van der Waals surface area contributed by atoms with Gasteiger partial charge in [-0.3, -0.25) is 0 Å². The van der Waals surface area contributed by atoms with Crippen LogP contribution in [0.2, 0.25) is 5.02 Å². The van der Waals surface area contributed by atoms with Gasteiger partial charge in [0.1, 0.15) is 0 Å². The van der Waals surface area contributed by atoms with Crippen molar-refractivity contribution in [2.24, 2.45) is 0 Å². The van der Waals surface area contributed by atoms with Crippen LogP contribution in [-0.2, 0) is 17.0 Å². The van der Waals surface area contributed by atoms with E-state index in [0.29, 0.717) is 41.4 Å². The van der Waals surface area contributed by atoms with Crippen LogP contribution in [0.5, 0.6) is 0 Å². The van der Waals surface area contributed by atoms with E-state index in [1.165, 1.54) is 11.8 Å². The fraction of sp³-hybridized carbons (Fsp3) is 0.263. The number of ether oxygens (including phenoxy) is 1. The van der Waals surface area contributed by atoms with Crippen LogP contribution < -0.4 is 0 Å². The molecule has 0 fully saturated rings. The summed E-state index contributed by atoms with van der Waals surface area (Å²) in [6.07, 6.45) is 2.39. The predicted molar refractivity (Wildman–Crippen MR) is 109 cm³/mol. The molecule has 0 radical (unpaired) electrons. The highest BCUT2D eigenvalue weighted by molar-refractivity contribution is 7.98. The van der Waals surface area contributed by atoms with Crippen molar-refractivity contribution in [1.29, 1.82) is 0 Å². The van der Waals surface area contributed by atoms with Crippen LogP contribution in [0.3, 0.4) is 0 Å². The van der Waals surface area contributed by atoms with E-state index in [4.69, 9.17) is 25.3 Å². The van der Waals surface area contributed by atoms with Crippen molar-refractivity contribution in [3.05, 3.63) is 53.6 Å². The van der Waals surface area contributed by atoms with Gasteiger partial charge >= 0.3 is 0 Å². The highest BCUT2D eigenvalue weighted by atomic mass is 35.5. The normalized spacial score (nSPS) is 11.2. The van der Waals surface area contributed by atoms with Gasteiger partial charge < -0.3 is 18.2 Å². The Bertz CT molecular complexity index is 1060. The number of benzene rings is 1. The first-order valence-corrected chi connectivity index (χ1v) is 10.3. The third kappa shape index (κ3) is 4.52. The molecule has 0 aliphatic heterocycles. The van der Waals surface area contributed by atoms with Gasteiger partial charge in [-0.05, 0) is 30.7 Å². The molecule has 0 unspecified atom stereocenters. The standard InChI is InChI=1S/C19H18ClN5O3S/c1-26-10-5-9-25-18(13-6-2-3-7-14(13)20)22-23-19(25)29-12-16-21-17(24-28-16)15-8-4-11-27-15/h2-4,6-8,11H,5,9-10,12H2,1H3. The molecule has 0 aliphatic rings. The minimum Gasteiger partial charge on any atom is -0.461 e. The number of halogens is 1. The molecular formula is C19H18ClN5O3S. The zero-order valence-electron chi connectivity index (χ0n) is 15.6. The summed E-state index contributed by atoms with van der Waals surface area (Å²) >= 11 is 7.84. The van der Waals surface area contributed by atoms with Gasteiger partial charge in [0.25, 0.3) is 0 Å². The summed E-state index contributed by atoms with van der Waals surface area (Å²) in [6, 6.07) is 11.1. The van der Waals surface area contributed by atoms with Crippen molar-refractivity contribution in [3.63, 3.8) is 0 Å². The van der Waals surface area contributed by atoms with Crippen molar-refractivity contribution >= 4 is 23.4 Å². The Morgan fingerprint density at radius 2 is 2.07 bits per heavy atom. The summed E-state index contributed by atoms with van der Waals surface area (Å²) in [7, 11) is 1.68. The summed E-state index contributed by atoms with van der Waals surface area (Å²) < 4.78 is 17.8. The van der Waals surface area contributed by atoms with Gasteiger partial charge in [-0.25, -0.2) is 0 Å². The molecule has 4 rings (SSSR count). The second kappa shape index (κ2) is 9.25. The molecule has 0 spiro atoms. The van der Waals surface area contributed by atoms with Gasteiger partial charge in [-0.15, -0.1) is 10.2 Å². The van der Waals surface area contributed by atoms with Gasteiger partial charge in [0.2, 0.25) is 11.7 Å². The molecule has 10 heteroatoms. The van der Waals surface area contributed by atoms with Crippen LogP contribution in [-0.4, -0.2) is 38.6 Å². The first-order valence-electron chi connectivity index (χ1n) is 8.92. The first kappa shape index (κ1) is 19.7. The van der Waals surface area contributed by atoms with Gasteiger partial charge in [0, 0.05) is 25.8 Å². The highest BCUT2D eigenvalue weighted by Crippen LogP contribution is 2.30. The topological polar surface area (TPSA) is 92.0 Å². The number of aromatic nitrogens is 5. The lowest BCUT2D eigenvalue weighted by atomic mass is 10.2. The molecule has 0 saturated carbocycles. The average molecular weight is 432 g/mol. The number of rotatable bonds is 9. The maximum absolute atomic E-state index is 6.37. The lowest BCUT2D eigenvalue weighted by Gasteiger charge is -2.10. The summed E-state index contributed by atoms with van der Waals surface area (Å²) in [5.41, 5.74) is 0.837. The minimum atomic E-state index is 0.420. The molecular weight excluding hydrogens is 414 g/mol. The number of hydrogen-bond acceptors (Lipinski definition) is 8.